The molecule has 18 heavy (non-hydrogen) atoms. The van der Waals surface area contributed by atoms with E-state index in [-0.39, 0.29) is 17.3 Å². The van der Waals surface area contributed by atoms with Gasteiger partial charge in [-0.2, -0.15) is 0 Å². The Hall–Kier alpha value is -1.38. The summed E-state index contributed by atoms with van der Waals surface area (Å²) in [7, 11) is 0. The van der Waals surface area contributed by atoms with Crippen molar-refractivity contribution in [3.8, 4) is 0 Å². The Balaban J connectivity index is 2.11. The van der Waals surface area contributed by atoms with Gasteiger partial charge in [0.25, 0.3) is 5.91 Å². The minimum Gasteiger partial charge on any atom is -0.338 e. The summed E-state index contributed by atoms with van der Waals surface area (Å²) in [5.41, 5.74) is 0.748. The van der Waals surface area contributed by atoms with E-state index in [1.165, 1.54) is 0 Å². The average Bonchev–Trinajstić information content (AvgIpc) is 2.81. The Bertz CT molecular complexity index is 444. The van der Waals surface area contributed by atoms with Crippen LogP contribution < -0.4 is 0 Å². The van der Waals surface area contributed by atoms with E-state index >= 15 is 0 Å². The van der Waals surface area contributed by atoms with Crippen molar-refractivity contribution >= 4 is 5.91 Å². The molecule has 0 aromatic heterocycles. The monoisotopic (exact) mass is 249 g/mol. The number of halogens is 1. The SMILES string of the molecule is CCCC1CCN(C(=O)c2cccc(C)c2F)C1. The molecule has 1 heterocycles. The normalized spacial score (nSPS) is 19.3. The second kappa shape index (κ2) is 5.51. The van der Waals surface area contributed by atoms with Gasteiger partial charge in [0.15, 0.2) is 0 Å². The van der Waals surface area contributed by atoms with E-state index in [4.69, 9.17) is 0 Å². The van der Waals surface area contributed by atoms with Crippen LogP contribution in [0.2, 0.25) is 0 Å². The molecule has 0 saturated carbocycles. The summed E-state index contributed by atoms with van der Waals surface area (Å²) in [5, 5.41) is 0. The maximum absolute atomic E-state index is 13.9. The van der Waals surface area contributed by atoms with Gasteiger partial charge in [-0.3, -0.25) is 4.79 Å². The lowest BCUT2D eigenvalue weighted by atomic mass is 10.0. The molecule has 98 valence electrons. The van der Waals surface area contributed by atoms with E-state index in [9.17, 15) is 9.18 Å². The number of rotatable bonds is 3. The molecule has 1 fully saturated rings. The molecular weight excluding hydrogens is 229 g/mol. The van der Waals surface area contributed by atoms with Crippen molar-refractivity contribution in [2.45, 2.75) is 33.1 Å². The fraction of sp³-hybridized carbons (Fsp3) is 0.533. The van der Waals surface area contributed by atoms with Crippen molar-refractivity contribution in [1.82, 2.24) is 4.90 Å². The third-order valence-corrected chi connectivity index (χ3v) is 3.69. The fourth-order valence-corrected chi connectivity index (χ4v) is 2.64. The highest BCUT2D eigenvalue weighted by atomic mass is 19.1. The van der Waals surface area contributed by atoms with E-state index in [1.807, 2.05) is 0 Å². The van der Waals surface area contributed by atoms with Crippen molar-refractivity contribution in [3.63, 3.8) is 0 Å². The smallest absolute Gasteiger partial charge is 0.256 e. The number of hydrogen-bond donors (Lipinski definition) is 0. The van der Waals surface area contributed by atoms with Crippen LogP contribution >= 0.6 is 0 Å². The number of hydrogen-bond acceptors (Lipinski definition) is 1. The molecule has 1 aromatic carbocycles. The Kier molecular flexibility index (Phi) is 4.00. The highest BCUT2D eigenvalue weighted by molar-refractivity contribution is 5.94. The molecule has 0 bridgehead atoms. The zero-order chi connectivity index (χ0) is 13.1. The molecule has 1 unspecified atom stereocenters. The van der Waals surface area contributed by atoms with Crippen LogP contribution in [0.4, 0.5) is 4.39 Å². The first-order valence-corrected chi connectivity index (χ1v) is 6.68. The molecule has 1 aromatic rings. The number of carbonyl (C=O) groups is 1. The van der Waals surface area contributed by atoms with Gasteiger partial charge in [0, 0.05) is 13.1 Å². The molecule has 1 saturated heterocycles. The van der Waals surface area contributed by atoms with Gasteiger partial charge < -0.3 is 4.90 Å². The molecule has 0 radical (unpaired) electrons. The average molecular weight is 249 g/mol. The van der Waals surface area contributed by atoms with Crippen molar-refractivity contribution in [2.75, 3.05) is 13.1 Å². The van der Waals surface area contributed by atoms with Crippen LogP contribution in [-0.4, -0.2) is 23.9 Å². The molecule has 1 atom stereocenters. The second-order valence-corrected chi connectivity index (χ2v) is 5.13. The summed E-state index contributed by atoms with van der Waals surface area (Å²) in [6.07, 6.45) is 3.35. The molecule has 0 spiro atoms. The van der Waals surface area contributed by atoms with Gasteiger partial charge >= 0.3 is 0 Å². The summed E-state index contributed by atoms with van der Waals surface area (Å²) < 4.78 is 13.9. The fourth-order valence-electron chi connectivity index (χ4n) is 2.64. The summed E-state index contributed by atoms with van der Waals surface area (Å²) >= 11 is 0. The Labute approximate surface area is 108 Å². The summed E-state index contributed by atoms with van der Waals surface area (Å²) in [4.78, 5) is 14.0. The van der Waals surface area contributed by atoms with Gasteiger partial charge in [0.05, 0.1) is 5.56 Å². The highest BCUT2D eigenvalue weighted by Gasteiger charge is 2.27. The predicted octanol–water partition coefficient (Wildman–Crippen LogP) is 3.40. The Morgan fingerprint density at radius 3 is 3.00 bits per heavy atom. The molecule has 2 rings (SSSR count). The Morgan fingerprint density at radius 2 is 2.28 bits per heavy atom. The predicted molar refractivity (Wildman–Crippen MR) is 70.1 cm³/mol. The summed E-state index contributed by atoms with van der Waals surface area (Å²) in [5.74, 6) is 0.0584. The zero-order valence-corrected chi connectivity index (χ0v) is 11.1. The van der Waals surface area contributed by atoms with E-state index < -0.39 is 0 Å². The molecule has 0 N–H and O–H groups in total. The van der Waals surface area contributed by atoms with Crippen molar-refractivity contribution in [1.29, 1.82) is 0 Å². The number of carbonyl (C=O) groups excluding carboxylic acids is 1. The van der Waals surface area contributed by atoms with Gasteiger partial charge in [0.2, 0.25) is 0 Å². The maximum Gasteiger partial charge on any atom is 0.256 e. The van der Waals surface area contributed by atoms with E-state index in [0.29, 0.717) is 11.5 Å². The molecular formula is C15H20FNO. The number of aryl methyl sites for hydroxylation is 1. The largest absolute Gasteiger partial charge is 0.338 e. The van der Waals surface area contributed by atoms with Crippen LogP contribution in [0.5, 0.6) is 0 Å². The van der Waals surface area contributed by atoms with Gasteiger partial charge in [-0.05, 0) is 37.3 Å². The zero-order valence-electron chi connectivity index (χ0n) is 11.1. The van der Waals surface area contributed by atoms with Crippen LogP contribution in [-0.2, 0) is 0 Å². The van der Waals surface area contributed by atoms with E-state index in [0.717, 1.165) is 32.4 Å². The van der Waals surface area contributed by atoms with Crippen molar-refractivity contribution in [2.24, 2.45) is 5.92 Å². The van der Waals surface area contributed by atoms with E-state index in [1.54, 1.807) is 30.0 Å². The first-order chi connectivity index (χ1) is 8.63. The minimum atomic E-state index is -0.374. The van der Waals surface area contributed by atoms with Crippen LogP contribution in [0.15, 0.2) is 18.2 Å². The third-order valence-electron chi connectivity index (χ3n) is 3.69. The first-order valence-electron chi connectivity index (χ1n) is 6.68. The first kappa shape index (κ1) is 13.1. The lowest BCUT2D eigenvalue weighted by molar-refractivity contribution is 0.0781. The number of benzene rings is 1. The number of nitrogens with zero attached hydrogens (tertiary/aromatic N) is 1. The van der Waals surface area contributed by atoms with Crippen molar-refractivity contribution < 1.29 is 9.18 Å². The van der Waals surface area contributed by atoms with E-state index in [2.05, 4.69) is 6.92 Å². The number of amides is 1. The quantitative estimate of drug-likeness (QED) is 0.804. The lowest BCUT2D eigenvalue weighted by Crippen LogP contribution is -2.29. The molecule has 0 aliphatic carbocycles. The van der Waals surface area contributed by atoms with Gasteiger partial charge in [0.1, 0.15) is 5.82 Å². The number of likely N-dealkylation sites (tertiary alicyclic amines) is 1. The van der Waals surface area contributed by atoms with Crippen LogP contribution in [0.3, 0.4) is 0 Å². The van der Waals surface area contributed by atoms with Crippen LogP contribution in [0.1, 0.15) is 42.1 Å². The molecule has 2 nitrogen and oxygen atoms in total. The molecule has 1 amide bonds. The standard InChI is InChI=1S/C15H20FNO/c1-3-5-12-8-9-17(10-12)15(18)13-7-4-6-11(2)14(13)16/h4,6-7,12H,3,5,8-10H2,1-2H3. The maximum atomic E-state index is 13.9. The van der Waals surface area contributed by atoms with Crippen LogP contribution in [0.25, 0.3) is 0 Å². The van der Waals surface area contributed by atoms with Gasteiger partial charge in [-0.1, -0.05) is 25.5 Å². The molecule has 1 aliphatic heterocycles. The molecule has 3 heteroatoms. The summed E-state index contributed by atoms with van der Waals surface area (Å²) in [6.45, 7) is 5.39. The summed E-state index contributed by atoms with van der Waals surface area (Å²) in [6, 6.07) is 5.01. The second-order valence-electron chi connectivity index (χ2n) is 5.13. The third kappa shape index (κ3) is 2.55. The highest BCUT2D eigenvalue weighted by Crippen LogP contribution is 2.23. The topological polar surface area (TPSA) is 20.3 Å². The van der Waals surface area contributed by atoms with Gasteiger partial charge in [-0.25, -0.2) is 4.39 Å². The van der Waals surface area contributed by atoms with Crippen LogP contribution in [0, 0.1) is 18.7 Å². The Morgan fingerprint density at radius 1 is 1.50 bits per heavy atom. The lowest BCUT2D eigenvalue weighted by Gasteiger charge is -2.17. The minimum absolute atomic E-state index is 0.158. The van der Waals surface area contributed by atoms with Gasteiger partial charge in [-0.15, -0.1) is 0 Å². The molecule has 1 aliphatic rings. The van der Waals surface area contributed by atoms with Crippen molar-refractivity contribution in [3.05, 3.63) is 35.1 Å².